The van der Waals surface area contributed by atoms with Gasteiger partial charge in [0.2, 0.25) is 5.52 Å². The van der Waals surface area contributed by atoms with E-state index in [0.717, 1.165) is 85.2 Å². The molecule has 2 bridgehead atoms. The average Bonchev–Trinajstić information content (AvgIpc) is 3.06. The molecule has 6 nitrogen and oxygen atoms in total. The van der Waals surface area contributed by atoms with Crippen LogP contribution in [0.15, 0.2) is 88.5 Å². The minimum atomic E-state index is -0.652. The summed E-state index contributed by atoms with van der Waals surface area (Å²) in [6.07, 6.45) is 5.69. The van der Waals surface area contributed by atoms with E-state index < -0.39 is 6.10 Å². The second-order valence-electron chi connectivity index (χ2n) is 12.2. The Hall–Kier alpha value is -1.95. The lowest BCUT2D eigenvalue weighted by Gasteiger charge is -2.58. The Morgan fingerprint density at radius 3 is 2.17 bits per heavy atom. The lowest BCUT2D eigenvalue weighted by atomic mass is 9.71. The molecular formula is C36H40Br4N2O4. The Balaban J connectivity index is 0.00000240. The maximum atomic E-state index is 12.4. The number of aliphatic hydroxyl groups excluding tert-OH is 1. The number of aliphatic hydroxyl groups is 1. The van der Waals surface area contributed by atoms with Gasteiger partial charge >= 0.3 is 0 Å². The summed E-state index contributed by atoms with van der Waals surface area (Å²) in [6.45, 7) is 7.66. The van der Waals surface area contributed by atoms with Crippen LogP contribution in [0, 0.1) is 11.8 Å². The molecule has 4 aromatic rings. The monoisotopic (exact) mass is 880 g/mol. The van der Waals surface area contributed by atoms with Crippen molar-refractivity contribution in [2.45, 2.75) is 38.1 Å². The number of halogens is 4. The van der Waals surface area contributed by atoms with Crippen molar-refractivity contribution in [2.75, 3.05) is 34.4 Å². The zero-order chi connectivity index (χ0) is 31.0. The largest absolute Gasteiger partial charge is 1.00 e. The van der Waals surface area contributed by atoms with Crippen molar-refractivity contribution in [2.24, 2.45) is 11.8 Å². The molecule has 246 valence electrons. The topological polar surface area (TPSA) is 51.8 Å². The number of ether oxygens (including phenoxy) is 3. The Bertz CT molecular complexity index is 1700. The molecule has 3 aromatic carbocycles. The van der Waals surface area contributed by atoms with E-state index in [2.05, 4.69) is 91.7 Å². The molecular weight excluding hydrogens is 844 g/mol. The predicted molar refractivity (Wildman–Crippen MR) is 180 cm³/mol. The molecule has 3 aliphatic rings. The first-order valence-electron chi connectivity index (χ1n) is 15.1. The van der Waals surface area contributed by atoms with Crippen molar-refractivity contribution in [1.29, 1.82) is 0 Å². The summed E-state index contributed by atoms with van der Waals surface area (Å²) in [5.41, 5.74) is 4.29. The minimum absolute atomic E-state index is 0. The van der Waals surface area contributed by atoms with E-state index in [9.17, 15) is 5.11 Å². The molecule has 3 aliphatic heterocycles. The van der Waals surface area contributed by atoms with Crippen LogP contribution < -0.4 is 52.7 Å². The van der Waals surface area contributed by atoms with Crippen LogP contribution in [-0.2, 0) is 13.1 Å². The molecule has 10 heteroatoms. The molecule has 1 N–H and O–H groups in total. The van der Waals surface area contributed by atoms with Crippen LogP contribution in [-0.4, -0.2) is 50.1 Å². The van der Waals surface area contributed by atoms with Crippen molar-refractivity contribution in [3.05, 3.63) is 105 Å². The van der Waals surface area contributed by atoms with E-state index in [1.165, 1.54) is 5.56 Å². The number of methoxy groups -OCH3 is 3. The first-order valence-corrected chi connectivity index (χ1v) is 16.7. The Morgan fingerprint density at radius 2 is 1.52 bits per heavy atom. The summed E-state index contributed by atoms with van der Waals surface area (Å²) in [6, 6.07) is 20.5. The first-order chi connectivity index (χ1) is 21.3. The lowest BCUT2D eigenvalue weighted by Crippen LogP contribution is -3.00. The summed E-state index contributed by atoms with van der Waals surface area (Å²) < 4.78 is 21.9. The molecule has 0 saturated carbocycles. The summed E-state index contributed by atoms with van der Waals surface area (Å²) in [5, 5.41) is 13.4. The molecule has 0 amide bonds. The SMILES string of the molecule is C=C[C@H]1C[N@+]2(Cc3cc(OC)ccc3Br)CC[C@H]1C[C@@H]2[C@@H](O)c1cc[n+](Cc2cc(OC)ccc2Br)c2ccc(OC)cc12.[Br-].[Br-]. The number of piperidine rings is 3. The van der Waals surface area contributed by atoms with E-state index in [4.69, 9.17) is 14.2 Å². The fourth-order valence-electron chi connectivity index (χ4n) is 7.57. The van der Waals surface area contributed by atoms with E-state index in [1.807, 2.05) is 24.3 Å². The van der Waals surface area contributed by atoms with Crippen LogP contribution in [0.2, 0.25) is 0 Å². The maximum Gasteiger partial charge on any atom is 0.213 e. The number of hydrogen-bond acceptors (Lipinski definition) is 4. The quantitative estimate of drug-likeness (QED) is 0.149. The molecule has 5 atom stereocenters. The third-order valence-corrected chi connectivity index (χ3v) is 11.5. The third kappa shape index (κ3) is 7.08. The van der Waals surface area contributed by atoms with Crippen LogP contribution in [0.5, 0.6) is 17.2 Å². The van der Waals surface area contributed by atoms with Gasteiger partial charge in [-0.3, -0.25) is 0 Å². The number of rotatable bonds is 10. The van der Waals surface area contributed by atoms with E-state index in [-0.39, 0.29) is 40.0 Å². The van der Waals surface area contributed by atoms with Crippen molar-refractivity contribution in [1.82, 2.24) is 0 Å². The second kappa shape index (κ2) is 15.5. The summed E-state index contributed by atoms with van der Waals surface area (Å²) in [7, 11) is 5.08. The van der Waals surface area contributed by atoms with E-state index in [1.54, 1.807) is 21.3 Å². The van der Waals surface area contributed by atoms with Crippen LogP contribution >= 0.6 is 31.9 Å². The van der Waals surface area contributed by atoms with Gasteiger partial charge < -0.3 is 57.8 Å². The predicted octanol–water partition coefficient (Wildman–Crippen LogP) is 1.38. The standard InChI is InChI=1S/C36H40Br2N2O4.2BrH/c1-5-23-21-40(22-26-17-28(43-3)7-10-33(26)38)15-13-24(23)18-35(40)36(41)30-12-14-39(34-11-8-29(44-4)19-31(30)34)20-25-16-27(42-2)6-9-32(25)37;;/h5-12,14,16-17,19,23-24,35-36,41H,1,13,15,18,20-22H2,2-4H3;2*1H/q+2;;/p-2/t23-,24-,35+,36-,40-;;/m0../s1. The van der Waals surface area contributed by atoms with Gasteiger partial charge in [-0.05, 0) is 54.4 Å². The van der Waals surface area contributed by atoms with E-state index in [0.29, 0.717) is 18.4 Å². The first kappa shape index (κ1) is 36.9. The summed E-state index contributed by atoms with van der Waals surface area (Å²) in [5.74, 6) is 3.40. The number of benzene rings is 3. The van der Waals surface area contributed by atoms with Gasteiger partial charge in [-0.15, -0.1) is 6.58 Å². The number of hydrogen-bond donors (Lipinski definition) is 1. The smallest absolute Gasteiger partial charge is 0.213 e. The lowest BCUT2D eigenvalue weighted by molar-refractivity contribution is -0.985. The number of fused-ring (bicyclic) bond motifs is 4. The Kier molecular flexibility index (Phi) is 12.4. The average molecular weight is 884 g/mol. The fraction of sp³-hybridized carbons (Fsp3) is 0.361. The van der Waals surface area contributed by atoms with Gasteiger partial charge in [0.1, 0.15) is 35.9 Å². The van der Waals surface area contributed by atoms with Gasteiger partial charge in [0.05, 0.1) is 39.8 Å². The summed E-state index contributed by atoms with van der Waals surface area (Å²) in [4.78, 5) is 0. The Morgan fingerprint density at radius 1 is 0.913 bits per heavy atom. The normalized spacial score (nSPS) is 22.3. The molecule has 46 heavy (non-hydrogen) atoms. The van der Waals surface area contributed by atoms with Crippen LogP contribution in [0.25, 0.3) is 10.9 Å². The van der Waals surface area contributed by atoms with Crippen LogP contribution in [0.1, 0.15) is 35.6 Å². The zero-order valence-corrected chi connectivity index (χ0v) is 32.6. The summed E-state index contributed by atoms with van der Waals surface area (Å²) >= 11 is 7.53. The zero-order valence-electron chi connectivity index (χ0n) is 26.3. The highest BCUT2D eigenvalue weighted by Crippen LogP contribution is 2.48. The van der Waals surface area contributed by atoms with Gasteiger partial charge in [-0.25, -0.2) is 0 Å². The Labute approximate surface area is 309 Å². The third-order valence-electron chi connectivity index (χ3n) is 9.95. The van der Waals surface area contributed by atoms with Crippen molar-refractivity contribution in [3.63, 3.8) is 0 Å². The highest BCUT2D eigenvalue weighted by atomic mass is 79.9. The van der Waals surface area contributed by atoms with Gasteiger partial charge in [0, 0.05) is 56.5 Å². The number of quaternary nitrogens is 1. The number of aromatic nitrogens is 1. The van der Waals surface area contributed by atoms with Crippen molar-refractivity contribution < 1.29 is 62.3 Å². The van der Waals surface area contributed by atoms with Gasteiger partial charge in [-0.2, -0.15) is 4.57 Å². The van der Waals surface area contributed by atoms with Crippen molar-refractivity contribution in [3.8, 4) is 17.2 Å². The number of pyridine rings is 1. The van der Waals surface area contributed by atoms with Gasteiger partial charge in [0.15, 0.2) is 12.7 Å². The molecule has 3 saturated heterocycles. The molecule has 3 fully saturated rings. The van der Waals surface area contributed by atoms with Crippen LogP contribution in [0.4, 0.5) is 0 Å². The molecule has 1 aromatic heterocycles. The van der Waals surface area contributed by atoms with Gasteiger partial charge in [0.25, 0.3) is 0 Å². The number of nitrogens with zero attached hydrogens (tertiary/aromatic N) is 2. The maximum absolute atomic E-state index is 12.4. The molecule has 0 aliphatic carbocycles. The fourth-order valence-corrected chi connectivity index (χ4v) is 8.31. The molecule has 7 rings (SSSR count). The van der Waals surface area contributed by atoms with Crippen molar-refractivity contribution >= 4 is 42.8 Å². The molecule has 0 spiro atoms. The molecule has 0 unspecified atom stereocenters. The molecule has 4 heterocycles. The molecule has 0 radical (unpaired) electrons. The minimum Gasteiger partial charge on any atom is -1.00 e. The van der Waals surface area contributed by atoms with Gasteiger partial charge in [-0.1, -0.05) is 37.9 Å². The second-order valence-corrected chi connectivity index (χ2v) is 13.9. The highest BCUT2D eigenvalue weighted by molar-refractivity contribution is 9.10. The van der Waals surface area contributed by atoms with Crippen LogP contribution in [0.3, 0.4) is 0 Å². The highest BCUT2D eigenvalue weighted by Gasteiger charge is 2.54. The van der Waals surface area contributed by atoms with E-state index >= 15 is 0 Å².